The molecule has 0 aromatic heterocycles. The zero-order chi connectivity index (χ0) is 15.0. The van der Waals surface area contributed by atoms with Crippen molar-refractivity contribution in [1.82, 2.24) is 10.2 Å². The van der Waals surface area contributed by atoms with Crippen molar-refractivity contribution in [2.45, 2.75) is 27.2 Å². The van der Waals surface area contributed by atoms with E-state index >= 15 is 0 Å². The molecule has 1 aromatic rings. The van der Waals surface area contributed by atoms with Gasteiger partial charge in [-0.2, -0.15) is 0 Å². The summed E-state index contributed by atoms with van der Waals surface area (Å²) in [5.74, 6) is 0. The predicted molar refractivity (Wildman–Crippen MR) is 85.6 cm³/mol. The summed E-state index contributed by atoms with van der Waals surface area (Å²) in [6.45, 7) is 9.98. The van der Waals surface area contributed by atoms with Crippen molar-refractivity contribution in [3.05, 3.63) is 28.8 Å². The Bertz CT molecular complexity index is 433. The van der Waals surface area contributed by atoms with Gasteiger partial charge in [0.1, 0.15) is 0 Å². The Morgan fingerprint density at radius 3 is 2.60 bits per heavy atom. The number of urea groups is 1. The molecular formula is C15H24ClN3O. The number of benzene rings is 1. The minimum absolute atomic E-state index is 0.190. The van der Waals surface area contributed by atoms with Crippen molar-refractivity contribution in [1.29, 1.82) is 0 Å². The van der Waals surface area contributed by atoms with Crippen LogP contribution in [0.15, 0.2) is 18.2 Å². The van der Waals surface area contributed by atoms with E-state index in [4.69, 9.17) is 11.6 Å². The van der Waals surface area contributed by atoms with Crippen molar-refractivity contribution in [3.8, 4) is 0 Å². The summed E-state index contributed by atoms with van der Waals surface area (Å²) in [6, 6.07) is 5.30. The minimum atomic E-state index is -0.190. The SMILES string of the molecule is CCN(CC)CCCNC(=O)Nc1ccc(C)c(Cl)c1. The summed E-state index contributed by atoms with van der Waals surface area (Å²) < 4.78 is 0. The van der Waals surface area contributed by atoms with Gasteiger partial charge in [-0.25, -0.2) is 4.79 Å². The largest absolute Gasteiger partial charge is 0.338 e. The van der Waals surface area contributed by atoms with E-state index in [2.05, 4.69) is 29.4 Å². The summed E-state index contributed by atoms with van der Waals surface area (Å²) in [7, 11) is 0. The molecule has 0 radical (unpaired) electrons. The fraction of sp³-hybridized carbons (Fsp3) is 0.533. The number of halogens is 1. The summed E-state index contributed by atoms with van der Waals surface area (Å²) in [5.41, 5.74) is 1.71. The van der Waals surface area contributed by atoms with Crippen LogP contribution in [-0.2, 0) is 0 Å². The first-order valence-corrected chi connectivity index (χ1v) is 7.48. The van der Waals surface area contributed by atoms with Gasteiger partial charge >= 0.3 is 6.03 Å². The number of hydrogen-bond donors (Lipinski definition) is 2. The maximum atomic E-state index is 11.7. The molecule has 0 heterocycles. The number of carbonyl (C=O) groups excluding carboxylic acids is 1. The maximum Gasteiger partial charge on any atom is 0.319 e. The van der Waals surface area contributed by atoms with Crippen molar-refractivity contribution in [2.75, 3.05) is 31.5 Å². The molecule has 4 nitrogen and oxygen atoms in total. The van der Waals surface area contributed by atoms with Gasteiger partial charge < -0.3 is 15.5 Å². The molecule has 0 saturated heterocycles. The molecule has 0 spiro atoms. The lowest BCUT2D eigenvalue weighted by molar-refractivity contribution is 0.250. The number of nitrogens with zero attached hydrogens (tertiary/aromatic N) is 1. The van der Waals surface area contributed by atoms with Gasteiger partial charge in [-0.05, 0) is 50.7 Å². The number of aryl methyl sites for hydroxylation is 1. The van der Waals surface area contributed by atoms with Gasteiger partial charge in [-0.3, -0.25) is 0 Å². The van der Waals surface area contributed by atoms with Gasteiger partial charge in [0.25, 0.3) is 0 Å². The van der Waals surface area contributed by atoms with Crippen molar-refractivity contribution in [3.63, 3.8) is 0 Å². The molecule has 0 aliphatic rings. The Kier molecular flexibility index (Phi) is 7.41. The summed E-state index contributed by atoms with van der Waals surface area (Å²) in [4.78, 5) is 14.0. The highest BCUT2D eigenvalue weighted by atomic mass is 35.5. The molecule has 0 fully saturated rings. The van der Waals surface area contributed by atoms with Crippen LogP contribution in [0.25, 0.3) is 0 Å². The second kappa shape index (κ2) is 8.82. The molecule has 0 aliphatic heterocycles. The number of amides is 2. The third-order valence-corrected chi connectivity index (χ3v) is 3.67. The molecule has 2 N–H and O–H groups in total. The van der Waals surface area contributed by atoms with Gasteiger partial charge in [0.15, 0.2) is 0 Å². The zero-order valence-electron chi connectivity index (χ0n) is 12.5. The molecule has 0 bridgehead atoms. The topological polar surface area (TPSA) is 44.4 Å². The second-order valence-corrected chi connectivity index (χ2v) is 5.13. The lowest BCUT2D eigenvalue weighted by Gasteiger charge is -2.17. The highest BCUT2D eigenvalue weighted by molar-refractivity contribution is 6.31. The van der Waals surface area contributed by atoms with Crippen LogP contribution < -0.4 is 10.6 Å². The standard InChI is InChI=1S/C15H24ClN3O/c1-4-19(5-2)10-6-9-17-15(20)18-13-8-7-12(3)14(16)11-13/h7-8,11H,4-6,9-10H2,1-3H3,(H2,17,18,20). The van der Waals surface area contributed by atoms with E-state index < -0.39 is 0 Å². The fourth-order valence-electron chi connectivity index (χ4n) is 1.89. The van der Waals surface area contributed by atoms with E-state index in [0.717, 1.165) is 31.6 Å². The first-order chi connectivity index (χ1) is 9.56. The monoisotopic (exact) mass is 297 g/mol. The Hall–Kier alpha value is -1.26. The lowest BCUT2D eigenvalue weighted by Crippen LogP contribution is -2.32. The van der Waals surface area contributed by atoms with E-state index in [9.17, 15) is 4.79 Å². The van der Waals surface area contributed by atoms with Crippen LogP contribution in [0.5, 0.6) is 0 Å². The van der Waals surface area contributed by atoms with E-state index in [1.807, 2.05) is 19.1 Å². The minimum Gasteiger partial charge on any atom is -0.338 e. The average molecular weight is 298 g/mol. The van der Waals surface area contributed by atoms with Crippen molar-refractivity contribution >= 4 is 23.3 Å². The van der Waals surface area contributed by atoms with Crippen LogP contribution in [0.4, 0.5) is 10.5 Å². The summed E-state index contributed by atoms with van der Waals surface area (Å²) in [6.07, 6.45) is 0.948. The smallest absolute Gasteiger partial charge is 0.319 e. The highest BCUT2D eigenvalue weighted by Crippen LogP contribution is 2.19. The van der Waals surface area contributed by atoms with Crippen LogP contribution in [0.3, 0.4) is 0 Å². The van der Waals surface area contributed by atoms with Crippen LogP contribution in [0, 0.1) is 6.92 Å². The summed E-state index contributed by atoms with van der Waals surface area (Å²) in [5, 5.41) is 6.28. The number of nitrogens with one attached hydrogen (secondary N) is 2. The molecule has 0 aliphatic carbocycles. The molecule has 20 heavy (non-hydrogen) atoms. The van der Waals surface area contributed by atoms with E-state index in [1.54, 1.807) is 6.07 Å². The first-order valence-electron chi connectivity index (χ1n) is 7.10. The van der Waals surface area contributed by atoms with Gasteiger partial charge in [-0.1, -0.05) is 31.5 Å². The van der Waals surface area contributed by atoms with Crippen LogP contribution in [0.2, 0.25) is 5.02 Å². The Morgan fingerprint density at radius 2 is 2.00 bits per heavy atom. The maximum absolute atomic E-state index is 11.7. The molecule has 112 valence electrons. The van der Waals surface area contributed by atoms with Gasteiger partial charge in [0.2, 0.25) is 0 Å². The van der Waals surface area contributed by atoms with E-state index in [0.29, 0.717) is 17.3 Å². The van der Waals surface area contributed by atoms with Crippen LogP contribution >= 0.6 is 11.6 Å². The van der Waals surface area contributed by atoms with Gasteiger partial charge in [-0.15, -0.1) is 0 Å². The third-order valence-electron chi connectivity index (χ3n) is 3.26. The first kappa shape index (κ1) is 16.8. The molecule has 0 saturated carbocycles. The number of hydrogen-bond acceptors (Lipinski definition) is 2. The Labute approximate surface area is 126 Å². The van der Waals surface area contributed by atoms with Crippen LogP contribution in [0.1, 0.15) is 25.8 Å². The molecule has 0 unspecified atom stereocenters. The quantitative estimate of drug-likeness (QED) is 0.757. The zero-order valence-corrected chi connectivity index (χ0v) is 13.3. The molecule has 5 heteroatoms. The molecule has 1 aromatic carbocycles. The van der Waals surface area contributed by atoms with Gasteiger partial charge in [0, 0.05) is 17.3 Å². The van der Waals surface area contributed by atoms with Crippen molar-refractivity contribution in [2.24, 2.45) is 0 Å². The van der Waals surface area contributed by atoms with Crippen molar-refractivity contribution < 1.29 is 4.79 Å². The van der Waals surface area contributed by atoms with E-state index in [1.165, 1.54) is 0 Å². The van der Waals surface area contributed by atoms with Crippen LogP contribution in [-0.4, -0.2) is 37.1 Å². The van der Waals surface area contributed by atoms with E-state index in [-0.39, 0.29) is 6.03 Å². The summed E-state index contributed by atoms with van der Waals surface area (Å²) >= 11 is 6.01. The lowest BCUT2D eigenvalue weighted by atomic mass is 10.2. The predicted octanol–water partition coefficient (Wildman–Crippen LogP) is 3.50. The average Bonchev–Trinajstić information content (AvgIpc) is 2.43. The third kappa shape index (κ3) is 5.80. The second-order valence-electron chi connectivity index (χ2n) is 4.73. The Balaban J connectivity index is 2.28. The fourth-order valence-corrected chi connectivity index (χ4v) is 2.07. The normalized spacial score (nSPS) is 10.7. The highest BCUT2D eigenvalue weighted by Gasteiger charge is 2.03. The van der Waals surface area contributed by atoms with Gasteiger partial charge in [0.05, 0.1) is 0 Å². The molecule has 1 rings (SSSR count). The Morgan fingerprint density at radius 1 is 1.30 bits per heavy atom. The molecule has 2 amide bonds. The number of anilines is 1. The number of carbonyl (C=O) groups is 1. The molecule has 0 atom stereocenters. The molecular weight excluding hydrogens is 274 g/mol. The number of rotatable bonds is 7.